The van der Waals surface area contributed by atoms with E-state index in [1.165, 1.54) is 0 Å². The molecule has 2 aromatic rings. The van der Waals surface area contributed by atoms with Crippen LogP contribution in [0.3, 0.4) is 0 Å². The van der Waals surface area contributed by atoms with Crippen molar-refractivity contribution < 1.29 is 10.3 Å². The highest BCUT2D eigenvalue weighted by Crippen LogP contribution is 2.14. The summed E-state index contributed by atoms with van der Waals surface area (Å²) in [6.07, 6.45) is 3.37. The van der Waals surface area contributed by atoms with Crippen molar-refractivity contribution in [1.82, 2.24) is 15.0 Å². The quantitative estimate of drug-likeness (QED) is 0.294. The van der Waals surface area contributed by atoms with Crippen molar-refractivity contribution in [3.05, 3.63) is 46.8 Å². The molecule has 0 aliphatic carbocycles. The Morgan fingerprint density at radius 3 is 2.37 bits per heavy atom. The van der Waals surface area contributed by atoms with Crippen molar-refractivity contribution in [2.45, 2.75) is 0 Å². The molecule has 10 nitrogen and oxygen atoms in total. The first-order valence-electron chi connectivity index (χ1n) is 4.88. The van der Waals surface area contributed by atoms with Crippen LogP contribution in [0, 0.1) is 10.1 Å². The number of rotatable bonds is 2. The summed E-state index contributed by atoms with van der Waals surface area (Å²) in [5.41, 5.74) is 12.1. The summed E-state index contributed by atoms with van der Waals surface area (Å²) in [4.78, 5) is 12.3. The van der Waals surface area contributed by atoms with Gasteiger partial charge in [-0.1, -0.05) is 5.21 Å². The van der Waals surface area contributed by atoms with E-state index < -0.39 is 5.09 Å². The molecular formula is C9H11N7O3. The lowest BCUT2D eigenvalue weighted by Crippen LogP contribution is -2.21. The van der Waals surface area contributed by atoms with Gasteiger partial charge in [0.1, 0.15) is 0 Å². The topological polar surface area (TPSA) is 158 Å². The van der Waals surface area contributed by atoms with Crippen LogP contribution in [0.15, 0.2) is 41.7 Å². The smallest absolute Gasteiger partial charge is 0.291 e. The largest absolute Gasteiger partial charge is 0.370 e. The second-order valence-electron chi connectivity index (χ2n) is 3.14. The van der Waals surface area contributed by atoms with Gasteiger partial charge in [-0.3, -0.25) is 0 Å². The standard InChI is InChI=1S/C9H10N6.HNO3/c10-9(11)13-7-1-3-8(4-2-7)15-6-5-12-14-15;2-1(3)4/h1-6H,(H4,10,11,13);(H,2,3,4). The molecule has 19 heavy (non-hydrogen) atoms. The van der Waals surface area contributed by atoms with Crippen LogP contribution >= 0.6 is 0 Å². The van der Waals surface area contributed by atoms with Gasteiger partial charge in [0.2, 0.25) is 0 Å². The van der Waals surface area contributed by atoms with Crippen LogP contribution < -0.4 is 11.5 Å². The zero-order chi connectivity index (χ0) is 14.3. The molecule has 0 amide bonds. The van der Waals surface area contributed by atoms with E-state index in [0.29, 0.717) is 5.69 Å². The highest BCUT2D eigenvalue weighted by molar-refractivity contribution is 5.79. The highest BCUT2D eigenvalue weighted by atomic mass is 16.9. The highest BCUT2D eigenvalue weighted by Gasteiger charge is 1.96. The van der Waals surface area contributed by atoms with Crippen LogP contribution in [0.5, 0.6) is 0 Å². The van der Waals surface area contributed by atoms with Gasteiger partial charge in [0, 0.05) is 0 Å². The number of nitrogens with two attached hydrogens (primary N) is 2. The molecule has 0 fully saturated rings. The molecule has 1 aromatic heterocycles. The summed E-state index contributed by atoms with van der Waals surface area (Å²) >= 11 is 0. The predicted octanol–water partition coefficient (Wildman–Crippen LogP) is -0.176. The number of aliphatic imine (C=N–C) groups is 1. The molecule has 0 saturated heterocycles. The molecule has 2 rings (SSSR count). The van der Waals surface area contributed by atoms with Crippen LogP contribution in [0.2, 0.25) is 0 Å². The summed E-state index contributed by atoms with van der Waals surface area (Å²) < 4.78 is 1.65. The number of nitrogens with zero attached hydrogens (tertiary/aromatic N) is 5. The van der Waals surface area contributed by atoms with Gasteiger partial charge in [0.25, 0.3) is 5.09 Å². The second-order valence-corrected chi connectivity index (χ2v) is 3.14. The first-order valence-corrected chi connectivity index (χ1v) is 4.88. The predicted molar refractivity (Wildman–Crippen MR) is 65.6 cm³/mol. The van der Waals surface area contributed by atoms with Crippen LogP contribution in [-0.2, 0) is 0 Å². The first kappa shape index (κ1) is 13.9. The molecule has 0 atom stereocenters. The minimum atomic E-state index is -1.50. The molecule has 100 valence electrons. The van der Waals surface area contributed by atoms with Crippen molar-refractivity contribution in [2.75, 3.05) is 0 Å². The minimum Gasteiger partial charge on any atom is -0.370 e. The average Bonchev–Trinajstić information content (AvgIpc) is 2.82. The molecule has 0 aliphatic heterocycles. The molecule has 0 unspecified atom stereocenters. The zero-order valence-corrected chi connectivity index (χ0v) is 9.62. The fraction of sp³-hybridized carbons (Fsp3) is 0. The van der Waals surface area contributed by atoms with E-state index in [4.69, 9.17) is 26.8 Å². The van der Waals surface area contributed by atoms with Crippen molar-refractivity contribution in [1.29, 1.82) is 0 Å². The van der Waals surface area contributed by atoms with Gasteiger partial charge in [-0.15, -0.1) is 15.2 Å². The third kappa shape index (κ3) is 5.12. The molecule has 0 saturated carbocycles. The first-order chi connectivity index (χ1) is 8.99. The molecule has 0 aliphatic rings. The molecule has 1 aromatic carbocycles. The Balaban J connectivity index is 0.000000399. The molecule has 0 bridgehead atoms. The third-order valence-corrected chi connectivity index (χ3v) is 1.79. The van der Waals surface area contributed by atoms with E-state index in [-0.39, 0.29) is 5.96 Å². The van der Waals surface area contributed by atoms with Gasteiger partial charge in [-0.05, 0) is 24.3 Å². The van der Waals surface area contributed by atoms with E-state index in [1.807, 2.05) is 12.1 Å². The normalized spacial score (nSPS) is 9.05. The molecule has 0 radical (unpaired) electrons. The Bertz CT molecular complexity index is 542. The number of hydrogen-bond donors (Lipinski definition) is 3. The van der Waals surface area contributed by atoms with E-state index in [0.717, 1.165) is 5.69 Å². The van der Waals surface area contributed by atoms with Crippen molar-refractivity contribution >= 4 is 11.6 Å². The number of hydrogen-bond acceptors (Lipinski definition) is 5. The fourth-order valence-electron chi connectivity index (χ4n) is 1.17. The van der Waals surface area contributed by atoms with E-state index in [9.17, 15) is 0 Å². The Morgan fingerprint density at radius 1 is 1.37 bits per heavy atom. The molecular weight excluding hydrogens is 254 g/mol. The number of guanidine groups is 1. The summed E-state index contributed by atoms with van der Waals surface area (Å²) in [5, 5.41) is 21.2. The van der Waals surface area contributed by atoms with Gasteiger partial charge < -0.3 is 16.7 Å². The number of aromatic nitrogens is 3. The van der Waals surface area contributed by atoms with Gasteiger partial charge in [0.15, 0.2) is 5.96 Å². The Labute approximate surface area is 107 Å². The lowest BCUT2D eigenvalue weighted by atomic mass is 10.3. The Hall–Kier alpha value is -3.17. The zero-order valence-electron chi connectivity index (χ0n) is 9.62. The Morgan fingerprint density at radius 2 is 1.95 bits per heavy atom. The maximum atomic E-state index is 8.36. The van der Waals surface area contributed by atoms with E-state index >= 15 is 0 Å². The molecule has 5 N–H and O–H groups in total. The maximum absolute atomic E-state index is 8.36. The van der Waals surface area contributed by atoms with Gasteiger partial charge >= 0.3 is 0 Å². The average molecular weight is 265 g/mol. The molecule has 10 heteroatoms. The minimum absolute atomic E-state index is 0.0449. The van der Waals surface area contributed by atoms with Gasteiger partial charge in [0.05, 0.1) is 23.8 Å². The SMILES string of the molecule is NC(N)=Nc1ccc(-n2ccnn2)cc1.O=[N+]([O-])O. The van der Waals surface area contributed by atoms with Crippen LogP contribution in [-0.4, -0.2) is 31.2 Å². The number of benzene rings is 1. The monoisotopic (exact) mass is 265 g/mol. The van der Waals surface area contributed by atoms with Crippen LogP contribution in [0.4, 0.5) is 5.69 Å². The van der Waals surface area contributed by atoms with E-state index in [1.54, 1.807) is 29.2 Å². The molecule has 1 heterocycles. The van der Waals surface area contributed by atoms with Crippen molar-refractivity contribution in [3.63, 3.8) is 0 Å². The van der Waals surface area contributed by atoms with Gasteiger partial charge in [-0.2, -0.15) is 0 Å². The molecule has 0 spiro atoms. The van der Waals surface area contributed by atoms with Crippen molar-refractivity contribution in [2.24, 2.45) is 16.5 Å². The second kappa shape index (κ2) is 6.54. The van der Waals surface area contributed by atoms with E-state index in [2.05, 4.69) is 15.3 Å². The summed E-state index contributed by atoms with van der Waals surface area (Å²) in [5.74, 6) is 0.0449. The third-order valence-electron chi connectivity index (χ3n) is 1.79. The summed E-state index contributed by atoms with van der Waals surface area (Å²) in [6.45, 7) is 0. The summed E-state index contributed by atoms with van der Waals surface area (Å²) in [7, 11) is 0. The van der Waals surface area contributed by atoms with Crippen LogP contribution in [0.25, 0.3) is 5.69 Å². The van der Waals surface area contributed by atoms with Crippen molar-refractivity contribution in [3.8, 4) is 5.69 Å². The summed E-state index contributed by atoms with van der Waals surface area (Å²) in [6, 6.07) is 7.32. The Kier molecular flexibility index (Phi) is 4.78. The fourth-order valence-corrected chi connectivity index (χ4v) is 1.17. The lowest BCUT2D eigenvalue weighted by molar-refractivity contribution is -0.742. The maximum Gasteiger partial charge on any atom is 0.291 e. The van der Waals surface area contributed by atoms with Crippen LogP contribution in [0.1, 0.15) is 0 Å². The van der Waals surface area contributed by atoms with Gasteiger partial charge in [-0.25, -0.2) is 9.67 Å². The lowest BCUT2D eigenvalue weighted by Gasteiger charge is -2.00.